The Hall–Kier alpha value is 0.480. The summed E-state index contributed by atoms with van der Waals surface area (Å²) in [6, 6.07) is 0. The van der Waals surface area contributed by atoms with E-state index in [0.29, 0.717) is 11.8 Å². The Morgan fingerprint density at radius 3 is 3.09 bits per heavy atom. The molecular formula is C10H19Br. The van der Waals surface area contributed by atoms with Crippen LogP contribution in [0.5, 0.6) is 0 Å². The van der Waals surface area contributed by atoms with Gasteiger partial charge in [0.25, 0.3) is 0 Å². The summed E-state index contributed by atoms with van der Waals surface area (Å²) in [5.41, 5.74) is 0. The first-order valence-corrected chi connectivity index (χ1v) is 5.49. The van der Waals surface area contributed by atoms with Crippen LogP contribution in [0.15, 0.2) is 0 Å². The van der Waals surface area contributed by atoms with E-state index in [1.165, 1.54) is 0 Å². The first-order valence-electron chi connectivity index (χ1n) is 6.45. The fourth-order valence-corrected chi connectivity index (χ4v) is 1.90. The lowest BCUT2D eigenvalue weighted by atomic mass is 9.81. The topological polar surface area (TPSA) is 0 Å². The van der Waals surface area contributed by atoms with E-state index in [1.54, 1.807) is 0 Å². The predicted molar refractivity (Wildman–Crippen MR) is 54.2 cm³/mol. The first kappa shape index (κ1) is 5.26. The van der Waals surface area contributed by atoms with Crippen molar-refractivity contribution in [3.8, 4) is 0 Å². The highest BCUT2D eigenvalue weighted by Crippen LogP contribution is 2.32. The summed E-state index contributed by atoms with van der Waals surface area (Å²) in [6.07, 6.45) is 0.832. The monoisotopic (exact) mass is 222 g/mol. The van der Waals surface area contributed by atoms with Gasteiger partial charge in [0.2, 0.25) is 0 Å². The lowest BCUT2D eigenvalue weighted by Gasteiger charge is -2.26. The number of alkyl halides is 1. The summed E-state index contributed by atoms with van der Waals surface area (Å²) < 4.78 is 32.0. The van der Waals surface area contributed by atoms with Gasteiger partial charge in [-0.25, -0.2) is 0 Å². The van der Waals surface area contributed by atoms with E-state index in [4.69, 9.17) is 5.48 Å². The average molecular weight is 223 g/mol. The molecule has 1 aliphatic rings. The fraction of sp³-hybridized carbons (Fsp3) is 1.00. The minimum absolute atomic E-state index is 0.127. The Morgan fingerprint density at radius 1 is 1.64 bits per heavy atom. The van der Waals surface area contributed by atoms with E-state index in [9.17, 15) is 0 Å². The summed E-state index contributed by atoms with van der Waals surface area (Å²) in [5.74, 6) is -0.994. The SMILES string of the molecule is [2H]C1[C@@H](CCC)CC[C@]([2H])(CBr)C1([2H])[2H]. The summed E-state index contributed by atoms with van der Waals surface area (Å²) in [7, 11) is 0. The van der Waals surface area contributed by atoms with Crippen LogP contribution in [-0.2, 0) is 0 Å². The number of halogens is 1. The molecule has 1 aliphatic carbocycles. The minimum Gasteiger partial charge on any atom is -0.0925 e. The van der Waals surface area contributed by atoms with E-state index in [-0.39, 0.29) is 5.92 Å². The number of hydrogen-bond acceptors (Lipinski definition) is 0. The van der Waals surface area contributed by atoms with Gasteiger partial charge in [0, 0.05) is 10.8 Å². The molecular weight excluding hydrogens is 200 g/mol. The molecule has 1 heteroatoms. The second kappa shape index (κ2) is 5.18. The van der Waals surface area contributed by atoms with Crippen LogP contribution in [0.1, 0.15) is 50.9 Å². The Bertz CT molecular complexity index is 221. The van der Waals surface area contributed by atoms with Gasteiger partial charge in [-0.2, -0.15) is 0 Å². The summed E-state index contributed by atoms with van der Waals surface area (Å²) >= 11 is 3.22. The Morgan fingerprint density at radius 2 is 2.45 bits per heavy atom. The molecule has 0 heterocycles. The second-order valence-electron chi connectivity index (χ2n) is 3.14. The molecule has 11 heavy (non-hydrogen) atoms. The molecule has 1 unspecified atom stereocenters. The van der Waals surface area contributed by atoms with Crippen molar-refractivity contribution in [1.29, 1.82) is 0 Å². The normalized spacial score (nSPS) is 55.5. The standard InChI is InChI=1S/C10H19Br/c1-2-3-9-4-6-10(8-11)7-5-9/h9-10H,2-8H2,1H3/t9-,10-/i4D,6D2,10D/t4?,9-,10-/m1/s1. The molecule has 66 valence electrons. The van der Waals surface area contributed by atoms with Crippen LogP contribution in [-0.4, -0.2) is 5.33 Å². The van der Waals surface area contributed by atoms with Crippen LogP contribution in [0.4, 0.5) is 0 Å². The molecule has 0 radical (unpaired) electrons. The van der Waals surface area contributed by atoms with E-state index in [1.807, 2.05) is 0 Å². The Balaban J connectivity index is 2.83. The molecule has 0 saturated heterocycles. The Labute approximate surface area is 84.5 Å². The van der Waals surface area contributed by atoms with Crippen molar-refractivity contribution in [2.75, 3.05) is 5.33 Å². The van der Waals surface area contributed by atoms with Crippen LogP contribution in [0, 0.1) is 11.8 Å². The Kier molecular flexibility index (Phi) is 2.48. The third-order valence-corrected chi connectivity index (χ3v) is 2.84. The predicted octanol–water partition coefficient (Wildman–Crippen LogP) is 3.99. The fourth-order valence-electron chi connectivity index (χ4n) is 1.45. The molecule has 0 aromatic carbocycles. The van der Waals surface area contributed by atoms with E-state index in [0.717, 1.165) is 19.3 Å². The lowest BCUT2D eigenvalue weighted by molar-refractivity contribution is 0.280. The summed E-state index contributed by atoms with van der Waals surface area (Å²) in [5, 5.41) is 0.321. The average Bonchev–Trinajstić information content (AvgIpc) is 2.20. The van der Waals surface area contributed by atoms with Gasteiger partial charge in [-0.1, -0.05) is 48.5 Å². The summed E-state index contributed by atoms with van der Waals surface area (Å²) in [6.45, 7) is 2.06. The highest BCUT2D eigenvalue weighted by molar-refractivity contribution is 9.09. The highest BCUT2D eigenvalue weighted by Gasteiger charge is 2.19. The molecule has 0 aliphatic heterocycles. The van der Waals surface area contributed by atoms with Crippen LogP contribution in [0.2, 0.25) is 0 Å². The summed E-state index contributed by atoms with van der Waals surface area (Å²) in [4.78, 5) is 0. The zero-order valence-electron chi connectivity index (χ0n) is 11.1. The van der Waals surface area contributed by atoms with Gasteiger partial charge in [-0.3, -0.25) is 0 Å². The highest BCUT2D eigenvalue weighted by atomic mass is 79.9. The third kappa shape index (κ3) is 3.14. The largest absolute Gasteiger partial charge is 0.0925 e. The third-order valence-electron chi connectivity index (χ3n) is 2.16. The van der Waals surface area contributed by atoms with Crippen molar-refractivity contribution in [3.05, 3.63) is 0 Å². The van der Waals surface area contributed by atoms with Crippen LogP contribution in [0.3, 0.4) is 0 Å². The van der Waals surface area contributed by atoms with Gasteiger partial charge >= 0.3 is 0 Å². The van der Waals surface area contributed by atoms with Gasteiger partial charge in [0.05, 0.1) is 0 Å². The molecule has 3 atom stereocenters. The zero-order chi connectivity index (χ0) is 11.7. The minimum atomic E-state index is -1.70. The van der Waals surface area contributed by atoms with E-state index < -0.39 is 18.7 Å². The molecule has 1 fully saturated rings. The first-order chi connectivity index (χ1) is 6.89. The molecule has 0 aromatic rings. The van der Waals surface area contributed by atoms with Gasteiger partial charge in [0.15, 0.2) is 0 Å². The number of hydrogen-bond donors (Lipinski definition) is 0. The molecule has 0 spiro atoms. The van der Waals surface area contributed by atoms with Gasteiger partial charge < -0.3 is 0 Å². The second-order valence-corrected chi connectivity index (χ2v) is 3.70. The molecule has 0 bridgehead atoms. The van der Waals surface area contributed by atoms with Crippen LogP contribution in [0.25, 0.3) is 0 Å². The van der Waals surface area contributed by atoms with Crippen molar-refractivity contribution in [2.45, 2.75) is 45.4 Å². The van der Waals surface area contributed by atoms with Crippen LogP contribution >= 0.6 is 15.9 Å². The number of rotatable bonds is 3. The molecule has 0 N–H and O–H groups in total. The van der Waals surface area contributed by atoms with Crippen molar-refractivity contribution in [3.63, 3.8) is 0 Å². The van der Waals surface area contributed by atoms with Crippen LogP contribution < -0.4 is 0 Å². The van der Waals surface area contributed by atoms with Crippen molar-refractivity contribution in [2.24, 2.45) is 11.8 Å². The maximum absolute atomic E-state index is 8.08. The van der Waals surface area contributed by atoms with Gasteiger partial charge in [-0.15, -0.1) is 0 Å². The maximum Gasteiger partial charge on any atom is 0.0311 e. The van der Waals surface area contributed by atoms with Crippen molar-refractivity contribution >= 4 is 15.9 Å². The lowest BCUT2D eigenvalue weighted by Crippen LogP contribution is -2.15. The maximum atomic E-state index is 8.08. The molecule has 0 nitrogen and oxygen atoms in total. The van der Waals surface area contributed by atoms with Crippen molar-refractivity contribution < 1.29 is 5.48 Å². The van der Waals surface area contributed by atoms with E-state index in [2.05, 4.69) is 22.9 Å². The molecule has 1 saturated carbocycles. The van der Waals surface area contributed by atoms with Gasteiger partial charge in [-0.05, 0) is 24.6 Å². The molecule has 1 rings (SSSR count). The molecule has 0 amide bonds. The van der Waals surface area contributed by atoms with Gasteiger partial charge in [0.1, 0.15) is 0 Å². The van der Waals surface area contributed by atoms with Crippen molar-refractivity contribution in [1.82, 2.24) is 0 Å². The quantitative estimate of drug-likeness (QED) is 0.634. The smallest absolute Gasteiger partial charge is 0.0311 e. The zero-order valence-corrected chi connectivity index (χ0v) is 8.65. The van der Waals surface area contributed by atoms with E-state index >= 15 is 0 Å². The molecule has 0 aromatic heterocycles.